The lowest BCUT2D eigenvalue weighted by atomic mass is 9.97. The number of rotatable bonds is 6. The number of aryl methyl sites for hydroxylation is 1. The lowest BCUT2D eigenvalue weighted by molar-refractivity contribution is 0.0921. The summed E-state index contributed by atoms with van der Waals surface area (Å²) in [6.45, 7) is 6.71. The minimum absolute atomic E-state index is 0.0283. The Hall–Kier alpha value is -2.87. The number of amides is 3. The Kier molecular flexibility index (Phi) is 5.80. The molecule has 0 bridgehead atoms. The number of carbonyl (C=O) groups is 2. The first-order valence-corrected chi connectivity index (χ1v) is 10.2. The van der Waals surface area contributed by atoms with E-state index in [2.05, 4.69) is 32.8 Å². The second-order valence-corrected chi connectivity index (χ2v) is 7.83. The first kappa shape index (κ1) is 19.4. The van der Waals surface area contributed by atoms with Crippen LogP contribution >= 0.6 is 0 Å². The summed E-state index contributed by atoms with van der Waals surface area (Å²) in [5.41, 5.74) is 2.50. The SMILES string of the molecule is Cc1cc(C(=O)NCC2CCCN(Cc3ccc(N4CCNC4=O)cc3)C2)no1. The predicted molar refractivity (Wildman–Crippen MR) is 109 cm³/mol. The van der Waals surface area contributed by atoms with Crippen LogP contribution in [0.25, 0.3) is 0 Å². The molecular formula is C21H27N5O3. The maximum atomic E-state index is 12.2. The molecule has 2 aromatic rings. The van der Waals surface area contributed by atoms with Crippen LogP contribution < -0.4 is 15.5 Å². The molecule has 2 saturated heterocycles. The summed E-state index contributed by atoms with van der Waals surface area (Å²) < 4.78 is 4.96. The summed E-state index contributed by atoms with van der Waals surface area (Å²) in [5.74, 6) is 0.879. The quantitative estimate of drug-likeness (QED) is 0.780. The van der Waals surface area contributed by atoms with Crippen LogP contribution in [0.3, 0.4) is 0 Å². The monoisotopic (exact) mass is 397 g/mol. The Labute approximate surface area is 170 Å². The third kappa shape index (κ3) is 4.76. The molecule has 2 fully saturated rings. The molecule has 0 radical (unpaired) electrons. The van der Waals surface area contributed by atoms with Crippen LogP contribution in [0, 0.1) is 12.8 Å². The number of urea groups is 1. The molecule has 154 valence electrons. The number of hydrogen-bond donors (Lipinski definition) is 2. The zero-order valence-electron chi connectivity index (χ0n) is 16.7. The van der Waals surface area contributed by atoms with Crippen molar-refractivity contribution in [3.8, 4) is 0 Å². The summed E-state index contributed by atoms with van der Waals surface area (Å²) in [5, 5.41) is 9.57. The Balaban J connectivity index is 1.27. The van der Waals surface area contributed by atoms with Gasteiger partial charge in [0.05, 0.1) is 0 Å². The highest BCUT2D eigenvalue weighted by molar-refractivity contribution is 5.94. The van der Waals surface area contributed by atoms with Gasteiger partial charge < -0.3 is 15.2 Å². The van der Waals surface area contributed by atoms with Crippen LogP contribution in [0.1, 0.15) is 34.7 Å². The highest BCUT2D eigenvalue weighted by Crippen LogP contribution is 2.21. The smallest absolute Gasteiger partial charge is 0.321 e. The van der Waals surface area contributed by atoms with E-state index >= 15 is 0 Å². The second-order valence-electron chi connectivity index (χ2n) is 7.83. The van der Waals surface area contributed by atoms with Crippen LogP contribution in [0.2, 0.25) is 0 Å². The number of hydrogen-bond acceptors (Lipinski definition) is 5. The Morgan fingerprint density at radius 1 is 1.31 bits per heavy atom. The normalized spacial score (nSPS) is 20.0. The minimum atomic E-state index is -0.180. The van der Waals surface area contributed by atoms with E-state index in [1.165, 1.54) is 5.56 Å². The summed E-state index contributed by atoms with van der Waals surface area (Å²) in [6, 6.07) is 9.85. The number of benzene rings is 1. The van der Waals surface area contributed by atoms with Gasteiger partial charge in [-0.3, -0.25) is 14.6 Å². The maximum absolute atomic E-state index is 12.2. The number of carbonyl (C=O) groups excluding carboxylic acids is 2. The van der Waals surface area contributed by atoms with Gasteiger partial charge in [0.2, 0.25) is 0 Å². The largest absolute Gasteiger partial charge is 0.361 e. The topological polar surface area (TPSA) is 90.7 Å². The molecule has 3 heterocycles. The summed E-state index contributed by atoms with van der Waals surface area (Å²) in [4.78, 5) is 28.1. The Bertz CT molecular complexity index is 863. The molecule has 0 saturated carbocycles. The molecule has 29 heavy (non-hydrogen) atoms. The second kappa shape index (κ2) is 8.65. The van der Waals surface area contributed by atoms with Crippen molar-refractivity contribution in [2.45, 2.75) is 26.3 Å². The fourth-order valence-electron chi connectivity index (χ4n) is 4.02. The summed E-state index contributed by atoms with van der Waals surface area (Å²) in [6.07, 6.45) is 2.23. The van der Waals surface area contributed by atoms with E-state index in [9.17, 15) is 9.59 Å². The third-order valence-electron chi connectivity index (χ3n) is 5.53. The number of nitrogens with zero attached hydrogens (tertiary/aromatic N) is 3. The fraction of sp³-hybridized carbons (Fsp3) is 0.476. The van der Waals surface area contributed by atoms with Crippen LogP contribution in [0.15, 0.2) is 34.9 Å². The average molecular weight is 397 g/mol. The van der Waals surface area contributed by atoms with Crippen LogP contribution in [-0.2, 0) is 6.54 Å². The molecule has 2 aliphatic rings. The number of likely N-dealkylation sites (tertiary alicyclic amines) is 1. The van der Waals surface area contributed by atoms with E-state index < -0.39 is 0 Å². The lowest BCUT2D eigenvalue weighted by Crippen LogP contribution is -2.40. The van der Waals surface area contributed by atoms with Crippen molar-refractivity contribution in [3.63, 3.8) is 0 Å². The highest BCUT2D eigenvalue weighted by atomic mass is 16.5. The molecule has 2 aliphatic heterocycles. The molecule has 1 aromatic carbocycles. The van der Waals surface area contributed by atoms with E-state index in [4.69, 9.17) is 4.52 Å². The van der Waals surface area contributed by atoms with Crippen molar-refractivity contribution in [2.75, 3.05) is 37.6 Å². The van der Waals surface area contributed by atoms with Gasteiger partial charge in [0.15, 0.2) is 5.69 Å². The van der Waals surface area contributed by atoms with Crippen molar-refractivity contribution in [1.29, 1.82) is 0 Å². The van der Waals surface area contributed by atoms with Crippen molar-refractivity contribution < 1.29 is 14.1 Å². The van der Waals surface area contributed by atoms with Crippen LogP contribution in [-0.4, -0.2) is 54.7 Å². The van der Waals surface area contributed by atoms with Gasteiger partial charge >= 0.3 is 6.03 Å². The van der Waals surface area contributed by atoms with Gasteiger partial charge in [-0.25, -0.2) is 4.79 Å². The first-order chi connectivity index (χ1) is 14.1. The van der Waals surface area contributed by atoms with Crippen molar-refractivity contribution in [1.82, 2.24) is 20.7 Å². The number of anilines is 1. The molecule has 8 nitrogen and oxygen atoms in total. The van der Waals surface area contributed by atoms with Gasteiger partial charge in [0, 0.05) is 44.5 Å². The molecule has 1 aromatic heterocycles. The van der Waals surface area contributed by atoms with E-state index in [-0.39, 0.29) is 11.9 Å². The van der Waals surface area contributed by atoms with E-state index in [1.54, 1.807) is 17.9 Å². The lowest BCUT2D eigenvalue weighted by Gasteiger charge is -2.32. The average Bonchev–Trinajstić information content (AvgIpc) is 3.35. The first-order valence-electron chi connectivity index (χ1n) is 10.2. The molecule has 8 heteroatoms. The molecular weight excluding hydrogens is 370 g/mol. The van der Waals surface area contributed by atoms with Crippen LogP contribution in [0.5, 0.6) is 0 Å². The fourth-order valence-corrected chi connectivity index (χ4v) is 4.02. The molecule has 0 spiro atoms. The third-order valence-corrected chi connectivity index (χ3v) is 5.53. The molecule has 4 rings (SSSR count). The molecule has 1 atom stereocenters. The molecule has 3 amide bonds. The van der Waals surface area contributed by atoms with E-state index in [0.29, 0.717) is 37.0 Å². The maximum Gasteiger partial charge on any atom is 0.321 e. The van der Waals surface area contributed by atoms with Gasteiger partial charge in [-0.05, 0) is 49.9 Å². The summed E-state index contributed by atoms with van der Waals surface area (Å²) in [7, 11) is 0. The molecule has 2 N–H and O–H groups in total. The van der Waals surface area contributed by atoms with Gasteiger partial charge in [-0.15, -0.1) is 0 Å². The summed E-state index contributed by atoms with van der Waals surface area (Å²) >= 11 is 0. The molecule has 1 unspecified atom stereocenters. The van der Waals surface area contributed by atoms with Gasteiger partial charge in [0.25, 0.3) is 5.91 Å². The number of nitrogens with one attached hydrogen (secondary N) is 2. The van der Waals surface area contributed by atoms with Gasteiger partial charge in [-0.1, -0.05) is 17.3 Å². The Morgan fingerprint density at radius 3 is 2.83 bits per heavy atom. The van der Waals surface area contributed by atoms with Gasteiger partial charge in [-0.2, -0.15) is 0 Å². The van der Waals surface area contributed by atoms with Gasteiger partial charge in [0.1, 0.15) is 5.76 Å². The Morgan fingerprint density at radius 2 is 2.14 bits per heavy atom. The number of aromatic nitrogens is 1. The molecule has 0 aliphatic carbocycles. The predicted octanol–water partition coefficient (Wildman–Crippen LogP) is 2.15. The van der Waals surface area contributed by atoms with E-state index in [0.717, 1.165) is 38.2 Å². The van der Waals surface area contributed by atoms with E-state index in [1.807, 2.05) is 12.1 Å². The highest BCUT2D eigenvalue weighted by Gasteiger charge is 2.23. The van der Waals surface area contributed by atoms with Crippen molar-refractivity contribution in [2.24, 2.45) is 5.92 Å². The van der Waals surface area contributed by atoms with Crippen LogP contribution in [0.4, 0.5) is 10.5 Å². The number of piperidine rings is 1. The zero-order chi connectivity index (χ0) is 20.2. The zero-order valence-corrected chi connectivity index (χ0v) is 16.7. The van der Waals surface area contributed by atoms with Crippen molar-refractivity contribution in [3.05, 3.63) is 47.3 Å². The minimum Gasteiger partial charge on any atom is -0.361 e. The van der Waals surface area contributed by atoms with Crippen molar-refractivity contribution >= 4 is 17.6 Å². The standard InChI is InChI=1S/C21H27N5O3/c1-15-11-19(24-29-15)20(27)23-12-17-3-2-9-25(14-17)13-16-4-6-18(7-5-16)26-10-8-22-21(26)28/h4-7,11,17H,2-3,8-10,12-14H2,1H3,(H,22,28)(H,23,27).